The van der Waals surface area contributed by atoms with Crippen molar-refractivity contribution >= 4 is 28.5 Å². The quantitative estimate of drug-likeness (QED) is 0.569. The van der Waals surface area contributed by atoms with Gasteiger partial charge in [0, 0.05) is 24.4 Å². The number of pyridine rings is 1. The molecular weight excluding hydrogens is 370 g/mol. The number of alkyl halides is 3. The lowest BCUT2D eigenvalue weighted by molar-refractivity contribution is -0.143. The maximum absolute atomic E-state index is 14.2. The number of nitrogens with zero attached hydrogens (tertiary/aromatic N) is 1. The van der Waals surface area contributed by atoms with Crippen LogP contribution in [0.15, 0.2) is 34.0 Å². The van der Waals surface area contributed by atoms with Crippen molar-refractivity contribution in [2.75, 3.05) is 0 Å². The first-order valence-corrected chi connectivity index (χ1v) is 7.67. The Morgan fingerprint density at radius 1 is 1.21 bits per heavy atom. The number of thioether (sulfide) groups is 1. The molecule has 2 aromatic rings. The number of hydrogen-bond donors (Lipinski definition) is 0. The van der Waals surface area contributed by atoms with Crippen molar-refractivity contribution < 1.29 is 22.4 Å². The first kappa shape index (κ1) is 18.5. The van der Waals surface area contributed by atoms with Crippen LogP contribution in [0.1, 0.15) is 12.6 Å². The zero-order valence-electron chi connectivity index (χ0n) is 12.4. The Morgan fingerprint density at radius 3 is 2.38 bits per heavy atom. The predicted molar refractivity (Wildman–Crippen MR) is 83.6 cm³/mol. The summed E-state index contributed by atoms with van der Waals surface area (Å²) in [5, 5.41) is -0.338. The summed E-state index contributed by atoms with van der Waals surface area (Å²) >= 11 is 6.58. The number of aromatic nitrogens is 1. The summed E-state index contributed by atoms with van der Waals surface area (Å²) in [5.74, 6) is -0.871. The Kier molecular flexibility index (Phi) is 5.10. The molecule has 9 heteroatoms. The van der Waals surface area contributed by atoms with Crippen molar-refractivity contribution in [1.29, 1.82) is 0 Å². The van der Waals surface area contributed by atoms with E-state index in [4.69, 9.17) is 11.6 Å². The average molecular weight is 380 g/mol. The summed E-state index contributed by atoms with van der Waals surface area (Å²) in [6.45, 7) is 1.28. The molecule has 0 fully saturated rings. The molecule has 0 amide bonds. The second-order valence-electron chi connectivity index (χ2n) is 4.85. The van der Waals surface area contributed by atoms with Crippen LogP contribution in [-0.4, -0.2) is 9.68 Å². The SMILES string of the molecule is CC(=O)Sc1cc(-c2ccc(C(F)(F)F)n(C)c2=O)c(F)cc1Cl. The summed E-state index contributed by atoms with van der Waals surface area (Å²) in [7, 11) is 0.952. The molecule has 0 saturated carbocycles. The molecule has 24 heavy (non-hydrogen) atoms. The van der Waals surface area contributed by atoms with Crippen LogP contribution in [0.2, 0.25) is 5.02 Å². The lowest BCUT2D eigenvalue weighted by atomic mass is 10.1. The van der Waals surface area contributed by atoms with Crippen molar-refractivity contribution in [3.05, 3.63) is 51.2 Å². The summed E-state index contributed by atoms with van der Waals surface area (Å²) in [4.78, 5) is 23.6. The summed E-state index contributed by atoms with van der Waals surface area (Å²) in [6, 6.07) is 3.69. The van der Waals surface area contributed by atoms with Crippen molar-refractivity contribution in [1.82, 2.24) is 4.57 Å². The zero-order chi connectivity index (χ0) is 18.2. The summed E-state index contributed by atoms with van der Waals surface area (Å²) in [5.41, 5.74) is -2.64. The van der Waals surface area contributed by atoms with Crippen molar-refractivity contribution in [2.24, 2.45) is 7.05 Å². The molecule has 3 nitrogen and oxygen atoms in total. The first-order valence-electron chi connectivity index (χ1n) is 6.47. The molecule has 0 aliphatic heterocycles. The maximum Gasteiger partial charge on any atom is 0.431 e. The van der Waals surface area contributed by atoms with Crippen LogP contribution in [0.3, 0.4) is 0 Å². The Bertz CT molecular complexity index is 877. The van der Waals surface area contributed by atoms with Crippen LogP contribution in [-0.2, 0) is 18.0 Å². The van der Waals surface area contributed by atoms with E-state index in [1.54, 1.807) is 0 Å². The third-order valence-corrected chi connectivity index (χ3v) is 4.43. The molecule has 0 N–H and O–H groups in total. The Morgan fingerprint density at radius 2 is 1.83 bits per heavy atom. The molecule has 2 rings (SSSR count). The van der Waals surface area contributed by atoms with Gasteiger partial charge in [-0.3, -0.25) is 9.59 Å². The Balaban J connectivity index is 2.67. The molecule has 0 radical (unpaired) electrons. The van der Waals surface area contributed by atoms with Crippen LogP contribution < -0.4 is 5.56 Å². The second-order valence-corrected chi connectivity index (χ2v) is 6.48. The number of carbonyl (C=O) groups is 1. The van der Waals surface area contributed by atoms with Crippen molar-refractivity contribution in [2.45, 2.75) is 18.0 Å². The summed E-state index contributed by atoms with van der Waals surface area (Å²) in [6.07, 6.45) is -4.71. The smallest absolute Gasteiger partial charge is 0.307 e. The third kappa shape index (κ3) is 3.64. The highest BCUT2D eigenvalue weighted by Gasteiger charge is 2.34. The number of carbonyl (C=O) groups excluding carboxylic acids is 1. The van der Waals surface area contributed by atoms with Gasteiger partial charge in [-0.05, 0) is 24.3 Å². The fourth-order valence-electron chi connectivity index (χ4n) is 2.09. The van der Waals surface area contributed by atoms with Crippen molar-refractivity contribution in [3.63, 3.8) is 0 Å². The van der Waals surface area contributed by atoms with E-state index in [0.717, 1.165) is 30.9 Å². The molecule has 0 atom stereocenters. The van der Waals surface area contributed by atoms with E-state index in [1.807, 2.05) is 0 Å². The molecule has 1 heterocycles. The lowest BCUT2D eigenvalue weighted by Gasteiger charge is -2.14. The number of halogens is 5. The van der Waals surface area contributed by atoms with Gasteiger partial charge in [0.25, 0.3) is 5.56 Å². The van der Waals surface area contributed by atoms with E-state index < -0.39 is 23.2 Å². The topological polar surface area (TPSA) is 39.1 Å². The molecule has 1 aromatic carbocycles. The molecular formula is C15H10ClF4NO2S. The van der Waals surface area contributed by atoms with Crippen LogP contribution in [0.5, 0.6) is 0 Å². The van der Waals surface area contributed by atoms with Gasteiger partial charge >= 0.3 is 6.18 Å². The fourth-order valence-corrected chi connectivity index (χ4v) is 3.00. The molecule has 0 aliphatic rings. The minimum atomic E-state index is -4.71. The average Bonchev–Trinajstić information content (AvgIpc) is 2.43. The monoisotopic (exact) mass is 379 g/mol. The molecule has 0 bridgehead atoms. The number of rotatable bonds is 2. The summed E-state index contributed by atoms with van der Waals surface area (Å²) < 4.78 is 53.0. The Hall–Kier alpha value is -1.80. The van der Waals surface area contributed by atoms with E-state index in [9.17, 15) is 27.2 Å². The number of benzene rings is 1. The zero-order valence-corrected chi connectivity index (χ0v) is 13.9. The molecule has 0 unspecified atom stereocenters. The highest BCUT2D eigenvalue weighted by molar-refractivity contribution is 8.13. The van der Waals surface area contributed by atoms with Gasteiger partial charge in [0.15, 0.2) is 5.12 Å². The van der Waals surface area contributed by atoms with Gasteiger partial charge in [-0.15, -0.1) is 0 Å². The molecule has 0 saturated heterocycles. The molecule has 0 spiro atoms. The van der Waals surface area contributed by atoms with Gasteiger partial charge in [-0.1, -0.05) is 23.4 Å². The predicted octanol–water partition coefficient (Wildman–Crippen LogP) is 4.50. The highest BCUT2D eigenvalue weighted by Crippen LogP contribution is 2.34. The lowest BCUT2D eigenvalue weighted by Crippen LogP contribution is -2.26. The standard InChI is InChI=1S/C15H10ClF4NO2S/c1-7(22)24-12-5-9(11(17)6-10(12)16)8-3-4-13(15(18,19)20)21(2)14(8)23/h3-6H,1-2H3. The largest absolute Gasteiger partial charge is 0.431 e. The maximum atomic E-state index is 14.2. The van der Waals surface area contributed by atoms with Gasteiger partial charge in [-0.25, -0.2) is 4.39 Å². The van der Waals surface area contributed by atoms with E-state index in [0.29, 0.717) is 10.6 Å². The second kappa shape index (κ2) is 6.60. The molecule has 0 aliphatic carbocycles. The minimum Gasteiger partial charge on any atom is -0.307 e. The Labute approximate surface area is 143 Å². The van der Waals surface area contributed by atoms with E-state index >= 15 is 0 Å². The van der Waals surface area contributed by atoms with Gasteiger partial charge in [-0.2, -0.15) is 13.2 Å². The van der Waals surface area contributed by atoms with Gasteiger partial charge in [0.05, 0.1) is 10.6 Å². The van der Waals surface area contributed by atoms with E-state index in [2.05, 4.69) is 0 Å². The van der Waals surface area contributed by atoms with Crippen LogP contribution in [0, 0.1) is 5.82 Å². The van der Waals surface area contributed by atoms with Crippen molar-refractivity contribution in [3.8, 4) is 11.1 Å². The van der Waals surface area contributed by atoms with E-state index in [1.165, 1.54) is 13.0 Å². The third-order valence-electron chi connectivity index (χ3n) is 3.16. The van der Waals surface area contributed by atoms with Crippen LogP contribution in [0.25, 0.3) is 11.1 Å². The fraction of sp³-hybridized carbons (Fsp3) is 0.200. The first-order chi connectivity index (χ1) is 11.0. The van der Waals surface area contributed by atoms with Gasteiger partial charge < -0.3 is 4.57 Å². The molecule has 1 aromatic heterocycles. The minimum absolute atomic E-state index is 0.0276. The molecule has 128 valence electrons. The highest BCUT2D eigenvalue weighted by atomic mass is 35.5. The van der Waals surface area contributed by atoms with E-state index in [-0.39, 0.29) is 26.2 Å². The van der Waals surface area contributed by atoms with Gasteiger partial charge in [0.1, 0.15) is 11.5 Å². The number of hydrogen-bond acceptors (Lipinski definition) is 3. The van der Waals surface area contributed by atoms with Gasteiger partial charge in [0.2, 0.25) is 0 Å². The normalized spacial score (nSPS) is 11.6. The van der Waals surface area contributed by atoms with Crippen LogP contribution in [0.4, 0.5) is 17.6 Å². The van der Waals surface area contributed by atoms with Crippen LogP contribution >= 0.6 is 23.4 Å².